The van der Waals surface area contributed by atoms with E-state index < -0.39 is 17.7 Å². The van der Waals surface area contributed by atoms with Gasteiger partial charge >= 0.3 is 6.36 Å². The van der Waals surface area contributed by atoms with E-state index in [1.807, 2.05) is 0 Å². The van der Waals surface area contributed by atoms with Gasteiger partial charge in [0.25, 0.3) is 5.56 Å². The molecule has 0 spiro atoms. The summed E-state index contributed by atoms with van der Waals surface area (Å²) in [5.41, 5.74) is -0.480. The number of hydrogen-bond acceptors (Lipinski definition) is 2. The van der Waals surface area contributed by atoms with Crippen molar-refractivity contribution >= 4 is 38.5 Å². The molecule has 0 bridgehead atoms. The molecule has 1 N–H and O–H groups in total. The minimum atomic E-state index is -4.77. The van der Waals surface area contributed by atoms with E-state index >= 15 is 0 Å². The molecule has 14 heavy (non-hydrogen) atoms. The summed E-state index contributed by atoms with van der Waals surface area (Å²) in [5.74, 6) is -0.471. The van der Waals surface area contributed by atoms with Gasteiger partial charge in [0.05, 0.1) is 8.04 Å². The molecular weight excluding hydrogens is 382 g/mol. The molecule has 0 saturated carbocycles. The van der Waals surface area contributed by atoms with Crippen LogP contribution < -0.4 is 10.3 Å². The summed E-state index contributed by atoms with van der Waals surface area (Å²) in [5, 5.41) is 0. The van der Waals surface area contributed by atoms with E-state index in [1.54, 1.807) is 22.6 Å². The third-order valence-electron chi connectivity index (χ3n) is 1.17. The van der Waals surface area contributed by atoms with Gasteiger partial charge in [0.2, 0.25) is 0 Å². The van der Waals surface area contributed by atoms with Crippen LogP contribution in [0.5, 0.6) is 5.75 Å². The van der Waals surface area contributed by atoms with Crippen LogP contribution in [0.15, 0.2) is 15.5 Å². The van der Waals surface area contributed by atoms with E-state index in [4.69, 9.17) is 0 Å². The predicted octanol–water partition coefficient (Wildman–Crippen LogP) is 2.64. The fourth-order valence-corrected chi connectivity index (χ4v) is 1.46. The fraction of sp³-hybridized carbons (Fsp3) is 0.167. The maximum Gasteiger partial charge on any atom is 0.573 e. The van der Waals surface area contributed by atoms with Crippen molar-refractivity contribution in [1.82, 2.24) is 4.98 Å². The number of alkyl halides is 3. The molecule has 0 saturated heterocycles. The Morgan fingerprint density at radius 3 is 2.57 bits per heavy atom. The third kappa shape index (κ3) is 2.87. The minimum Gasteiger partial charge on any atom is -0.403 e. The summed E-state index contributed by atoms with van der Waals surface area (Å²) in [6.45, 7) is 0. The summed E-state index contributed by atoms with van der Waals surface area (Å²) in [6, 6.07) is 0. The van der Waals surface area contributed by atoms with Crippen molar-refractivity contribution in [3.05, 3.63) is 24.6 Å². The van der Waals surface area contributed by atoms with Gasteiger partial charge in [-0.1, -0.05) is 0 Å². The number of aromatic nitrogens is 1. The van der Waals surface area contributed by atoms with Crippen molar-refractivity contribution in [3.8, 4) is 5.75 Å². The molecule has 0 aromatic carbocycles. The molecule has 3 nitrogen and oxygen atoms in total. The Morgan fingerprint density at radius 2 is 2.07 bits per heavy atom. The van der Waals surface area contributed by atoms with Gasteiger partial charge in [0, 0.05) is 6.20 Å². The minimum absolute atomic E-state index is 0.0147. The Morgan fingerprint density at radius 1 is 1.50 bits per heavy atom. The van der Waals surface area contributed by atoms with Crippen LogP contribution in [-0.4, -0.2) is 11.3 Å². The molecule has 0 fully saturated rings. The quantitative estimate of drug-likeness (QED) is 0.757. The average molecular weight is 384 g/mol. The SMILES string of the molecule is O=c1[nH]cc(OC(F)(F)F)c(Br)c1I. The van der Waals surface area contributed by atoms with E-state index in [1.165, 1.54) is 0 Å². The number of aromatic amines is 1. The van der Waals surface area contributed by atoms with Crippen molar-refractivity contribution in [3.63, 3.8) is 0 Å². The molecule has 1 aromatic rings. The Balaban J connectivity index is 3.13. The first-order chi connectivity index (χ1) is 6.31. The number of rotatable bonds is 1. The highest BCUT2D eigenvalue weighted by molar-refractivity contribution is 14.1. The van der Waals surface area contributed by atoms with Crippen molar-refractivity contribution in [2.24, 2.45) is 0 Å². The Hall–Kier alpha value is -0.250. The van der Waals surface area contributed by atoms with Gasteiger partial charge in [-0.15, -0.1) is 13.2 Å². The molecule has 0 aliphatic rings. The van der Waals surface area contributed by atoms with E-state index in [0.717, 1.165) is 6.20 Å². The molecule has 8 heteroatoms. The lowest BCUT2D eigenvalue weighted by Crippen LogP contribution is -2.19. The molecule has 0 atom stereocenters. The Labute approximate surface area is 97.9 Å². The van der Waals surface area contributed by atoms with E-state index in [9.17, 15) is 18.0 Å². The summed E-state index contributed by atoms with van der Waals surface area (Å²) in [6.07, 6.45) is -3.92. The molecule has 78 valence electrons. The molecule has 1 rings (SSSR count). The highest BCUT2D eigenvalue weighted by Gasteiger charge is 2.32. The highest BCUT2D eigenvalue weighted by atomic mass is 127. The summed E-state index contributed by atoms with van der Waals surface area (Å²) in [7, 11) is 0. The van der Waals surface area contributed by atoms with Gasteiger partial charge in [-0.2, -0.15) is 0 Å². The first-order valence-corrected chi connectivity index (χ1v) is 5.01. The molecule has 0 amide bonds. The van der Waals surface area contributed by atoms with Gasteiger partial charge in [-0.05, 0) is 38.5 Å². The smallest absolute Gasteiger partial charge is 0.403 e. The molecular formula is C6H2BrF3INO2. The zero-order valence-electron chi connectivity index (χ0n) is 6.28. The van der Waals surface area contributed by atoms with Gasteiger partial charge in [0.1, 0.15) is 0 Å². The van der Waals surface area contributed by atoms with Gasteiger partial charge in [-0.25, -0.2) is 0 Å². The summed E-state index contributed by atoms with van der Waals surface area (Å²) in [4.78, 5) is 13.0. The third-order valence-corrected chi connectivity index (χ3v) is 3.73. The molecule has 0 unspecified atom stereocenters. The van der Waals surface area contributed by atoms with Crippen LogP contribution in [0, 0.1) is 3.57 Å². The number of nitrogens with one attached hydrogen (secondary N) is 1. The molecule has 0 aliphatic heterocycles. The van der Waals surface area contributed by atoms with E-state index in [-0.39, 0.29) is 8.04 Å². The van der Waals surface area contributed by atoms with Crippen LogP contribution in [-0.2, 0) is 0 Å². The second-order valence-electron chi connectivity index (χ2n) is 2.16. The number of H-pyrrole nitrogens is 1. The Kier molecular flexibility index (Phi) is 3.45. The van der Waals surface area contributed by atoms with Crippen LogP contribution in [0.1, 0.15) is 0 Å². The van der Waals surface area contributed by atoms with Crippen LogP contribution >= 0.6 is 38.5 Å². The molecule has 0 aliphatic carbocycles. The van der Waals surface area contributed by atoms with Gasteiger partial charge in [0.15, 0.2) is 5.75 Å². The van der Waals surface area contributed by atoms with Crippen LogP contribution in [0.25, 0.3) is 0 Å². The van der Waals surface area contributed by atoms with E-state index in [2.05, 4.69) is 25.7 Å². The highest BCUT2D eigenvalue weighted by Crippen LogP contribution is 2.30. The summed E-state index contributed by atoms with van der Waals surface area (Å²) < 4.78 is 39.2. The number of hydrogen-bond donors (Lipinski definition) is 1. The monoisotopic (exact) mass is 383 g/mol. The lowest BCUT2D eigenvalue weighted by atomic mass is 10.4. The predicted molar refractivity (Wildman–Crippen MR) is 54.2 cm³/mol. The second kappa shape index (κ2) is 4.09. The van der Waals surface area contributed by atoms with Crippen LogP contribution in [0.2, 0.25) is 0 Å². The van der Waals surface area contributed by atoms with Crippen LogP contribution in [0.3, 0.4) is 0 Å². The molecule has 0 radical (unpaired) electrons. The lowest BCUT2D eigenvalue weighted by Gasteiger charge is -2.10. The molecule has 1 aromatic heterocycles. The average Bonchev–Trinajstić information content (AvgIpc) is 2.04. The topological polar surface area (TPSA) is 42.1 Å². The first kappa shape index (κ1) is 11.8. The molecule has 1 heterocycles. The van der Waals surface area contributed by atoms with Gasteiger partial charge in [-0.3, -0.25) is 4.79 Å². The number of ether oxygens (including phenoxy) is 1. The van der Waals surface area contributed by atoms with Crippen molar-refractivity contribution < 1.29 is 17.9 Å². The fourth-order valence-electron chi connectivity index (χ4n) is 0.665. The van der Waals surface area contributed by atoms with Crippen molar-refractivity contribution in [2.75, 3.05) is 0 Å². The van der Waals surface area contributed by atoms with Crippen molar-refractivity contribution in [2.45, 2.75) is 6.36 Å². The standard InChI is InChI=1S/C6H2BrF3INO2/c7-3-2(14-6(8,9)10)1-12-5(13)4(3)11/h1H,(H,12,13). The number of pyridine rings is 1. The maximum atomic E-state index is 11.8. The van der Waals surface area contributed by atoms with Gasteiger partial charge < -0.3 is 9.72 Å². The summed E-state index contributed by atoms with van der Waals surface area (Å²) >= 11 is 4.44. The van der Waals surface area contributed by atoms with Crippen LogP contribution in [0.4, 0.5) is 13.2 Å². The maximum absolute atomic E-state index is 11.8. The largest absolute Gasteiger partial charge is 0.573 e. The first-order valence-electron chi connectivity index (χ1n) is 3.13. The zero-order chi connectivity index (χ0) is 10.9. The van der Waals surface area contributed by atoms with Crippen molar-refractivity contribution in [1.29, 1.82) is 0 Å². The normalized spacial score (nSPS) is 11.5. The Bertz CT molecular complexity index is 403. The lowest BCUT2D eigenvalue weighted by molar-refractivity contribution is -0.275. The number of halogens is 5. The zero-order valence-corrected chi connectivity index (χ0v) is 10.0. The van der Waals surface area contributed by atoms with E-state index in [0.29, 0.717) is 0 Å². The second-order valence-corrected chi connectivity index (χ2v) is 4.03.